The van der Waals surface area contributed by atoms with E-state index in [4.69, 9.17) is 5.14 Å². The van der Waals surface area contributed by atoms with Crippen LogP contribution in [0.3, 0.4) is 0 Å². The second kappa shape index (κ2) is 10.1. The summed E-state index contributed by atoms with van der Waals surface area (Å²) in [6.07, 6.45) is 3.37. The van der Waals surface area contributed by atoms with Gasteiger partial charge in [-0.25, -0.2) is 18.6 Å². The molecule has 10 heteroatoms. The Bertz CT molecular complexity index is 1700. The molecule has 1 unspecified atom stereocenters. The van der Waals surface area contributed by atoms with Gasteiger partial charge >= 0.3 is 0 Å². The van der Waals surface area contributed by atoms with Crippen molar-refractivity contribution in [2.24, 2.45) is 5.14 Å². The molecule has 1 saturated heterocycles. The van der Waals surface area contributed by atoms with Crippen molar-refractivity contribution < 1.29 is 18.0 Å². The SMILES string of the molecule is CC1SC2(CCC(c3ccccc3)CC2)N(NC(=O)c2[nH]c3ccc(S(N)(=O)=O)cc3c2-c2ccccc2)C1=O. The van der Waals surface area contributed by atoms with Crippen molar-refractivity contribution in [2.75, 3.05) is 0 Å². The highest BCUT2D eigenvalue weighted by Gasteiger charge is 2.52. The Morgan fingerprint density at radius 3 is 2.33 bits per heavy atom. The molecule has 1 aliphatic heterocycles. The van der Waals surface area contributed by atoms with Crippen molar-refractivity contribution in [2.45, 2.75) is 53.5 Å². The van der Waals surface area contributed by atoms with E-state index in [1.165, 1.54) is 17.7 Å². The molecular formula is C30H30N4O4S2. The zero-order chi connectivity index (χ0) is 28.1. The first kappa shape index (κ1) is 26.6. The van der Waals surface area contributed by atoms with Crippen LogP contribution in [0.4, 0.5) is 0 Å². The molecule has 1 saturated carbocycles. The summed E-state index contributed by atoms with van der Waals surface area (Å²) in [5.41, 5.74) is 6.38. The number of aromatic amines is 1. The number of hydrogen-bond donors (Lipinski definition) is 3. The summed E-state index contributed by atoms with van der Waals surface area (Å²) >= 11 is 1.62. The number of benzene rings is 3. The number of nitrogens with zero attached hydrogens (tertiary/aromatic N) is 1. The number of aromatic nitrogens is 1. The first-order chi connectivity index (χ1) is 19.2. The van der Waals surface area contributed by atoms with Crippen LogP contribution in [0.5, 0.6) is 0 Å². The summed E-state index contributed by atoms with van der Waals surface area (Å²) in [4.78, 5) is 29.9. The van der Waals surface area contributed by atoms with Gasteiger partial charge in [0.05, 0.1) is 10.1 Å². The molecule has 1 aliphatic carbocycles. The number of carbonyl (C=O) groups is 2. The van der Waals surface area contributed by atoms with E-state index in [0.717, 1.165) is 31.2 Å². The third kappa shape index (κ3) is 4.70. The normalized spacial score (nSPS) is 23.1. The Morgan fingerprint density at radius 1 is 1.02 bits per heavy atom. The van der Waals surface area contributed by atoms with Crippen molar-refractivity contribution in [3.05, 3.63) is 90.1 Å². The summed E-state index contributed by atoms with van der Waals surface area (Å²) in [6.45, 7) is 1.89. The van der Waals surface area contributed by atoms with Crippen LogP contribution in [-0.4, -0.2) is 40.3 Å². The highest BCUT2D eigenvalue weighted by Crippen LogP contribution is 2.52. The third-order valence-corrected chi connectivity index (χ3v) is 10.5. The Balaban J connectivity index is 1.35. The van der Waals surface area contributed by atoms with Crippen molar-refractivity contribution in [1.82, 2.24) is 15.4 Å². The van der Waals surface area contributed by atoms with E-state index in [9.17, 15) is 18.0 Å². The molecule has 0 radical (unpaired) electrons. The molecular weight excluding hydrogens is 544 g/mol. The number of nitrogens with one attached hydrogen (secondary N) is 2. The Kier molecular flexibility index (Phi) is 6.72. The van der Waals surface area contributed by atoms with Crippen LogP contribution < -0.4 is 10.6 Å². The minimum absolute atomic E-state index is 0.0442. The smallest absolute Gasteiger partial charge is 0.286 e. The number of hydrazine groups is 1. The zero-order valence-electron chi connectivity index (χ0n) is 22.0. The largest absolute Gasteiger partial charge is 0.350 e. The lowest BCUT2D eigenvalue weighted by Crippen LogP contribution is -2.56. The van der Waals surface area contributed by atoms with Crippen LogP contribution in [0.1, 0.15) is 54.6 Å². The average molecular weight is 575 g/mol. The summed E-state index contributed by atoms with van der Waals surface area (Å²) in [7, 11) is -3.95. The van der Waals surface area contributed by atoms with E-state index < -0.39 is 20.8 Å². The predicted octanol–water partition coefficient (Wildman–Crippen LogP) is 5.15. The molecule has 2 fully saturated rings. The van der Waals surface area contributed by atoms with E-state index in [-0.39, 0.29) is 21.7 Å². The number of sulfonamides is 1. The quantitative estimate of drug-likeness (QED) is 0.304. The van der Waals surface area contributed by atoms with Gasteiger partial charge in [-0.1, -0.05) is 60.7 Å². The minimum atomic E-state index is -3.95. The molecule has 2 amide bonds. The van der Waals surface area contributed by atoms with Crippen molar-refractivity contribution in [1.29, 1.82) is 0 Å². The molecule has 40 heavy (non-hydrogen) atoms. The van der Waals surface area contributed by atoms with Crippen LogP contribution in [0.2, 0.25) is 0 Å². The molecule has 1 spiro atoms. The lowest BCUT2D eigenvalue weighted by molar-refractivity contribution is -0.135. The van der Waals surface area contributed by atoms with Crippen molar-refractivity contribution >= 4 is 44.5 Å². The topological polar surface area (TPSA) is 125 Å². The van der Waals surface area contributed by atoms with Crippen LogP contribution >= 0.6 is 11.8 Å². The van der Waals surface area contributed by atoms with Crippen molar-refractivity contribution in [3.8, 4) is 11.1 Å². The highest BCUT2D eigenvalue weighted by atomic mass is 32.2. The Morgan fingerprint density at radius 2 is 1.68 bits per heavy atom. The maximum absolute atomic E-state index is 13.9. The van der Waals surface area contributed by atoms with Gasteiger partial charge in [-0.05, 0) is 67.9 Å². The van der Waals surface area contributed by atoms with Gasteiger partial charge in [-0.2, -0.15) is 0 Å². The lowest BCUT2D eigenvalue weighted by Gasteiger charge is -2.42. The summed E-state index contributed by atoms with van der Waals surface area (Å²) in [5.74, 6) is -0.160. The fourth-order valence-corrected chi connectivity index (χ4v) is 8.14. The van der Waals surface area contributed by atoms with Gasteiger partial charge in [0.25, 0.3) is 11.8 Å². The van der Waals surface area contributed by atoms with E-state index in [2.05, 4.69) is 34.7 Å². The van der Waals surface area contributed by atoms with Gasteiger partial charge in [-0.15, -0.1) is 11.8 Å². The van der Waals surface area contributed by atoms with Gasteiger partial charge in [0, 0.05) is 16.5 Å². The number of fused-ring (bicyclic) bond motifs is 1. The molecule has 3 aromatic carbocycles. The van der Waals surface area contributed by atoms with E-state index in [1.807, 2.05) is 43.3 Å². The highest BCUT2D eigenvalue weighted by molar-refractivity contribution is 8.02. The Labute approximate surface area is 237 Å². The second-order valence-corrected chi connectivity index (χ2v) is 13.8. The summed E-state index contributed by atoms with van der Waals surface area (Å²) in [5, 5.41) is 7.24. The van der Waals surface area contributed by atoms with Crippen LogP contribution in [-0.2, 0) is 14.8 Å². The molecule has 206 valence electrons. The number of rotatable bonds is 5. The number of amides is 2. The Hall–Kier alpha value is -3.60. The molecule has 6 rings (SSSR count). The third-order valence-electron chi connectivity index (χ3n) is 8.01. The molecule has 2 aliphatic rings. The maximum atomic E-state index is 13.9. The van der Waals surface area contributed by atoms with Gasteiger partial charge in [0.15, 0.2) is 0 Å². The van der Waals surface area contributed by atoms with Gasteiger partial charge < -0.3 is 4.98 Å². The van der Waals surface area contributed by atoms with E-state index in [0.29, 0.717) is 22.4 Å². The number of H-pyrrole nitrogens is 1. The fourth-order valence-electron chi connectivity index (χ4n) is 6.02. The minimum Gasteiger partial charge on any atom is -0.350 e. The van der Waals surface area contributed by atoms with Crippen LogP contribution in [0.25, 0.3) is 22.0 Å². The number of carbonyl (C=O) groups excluding carboxylic acids is 2. The molecule has 1 atom stereocenters. The van der Waals surface area contributed by atoms with E-state index >= 15 is 0 Å². The molecule has 4 aromatic rings. The van der Waals surface area contributed by atoms with Gasteiger partial charge in [-0.3, -0.25) is 15.0 Å². The second-order valence-electron chi connectivity index (χ2n) is 10.5. The van der Waals surface area contributed by atoms with Gasteiger partial charge in [0.2, 0.25) is 10.0 Å². The first-order valence-electron chi connectivity index (χ1n) is 13.3. The number of nitrogens with two attached hydrogens (primary N) is 1. The molecule has 2 heterocycles. The zero-order valence-corrected chi connectivity index (χ0v) is 23.6. The first-order valence-corrected chi connectivity index (χ1v) is 15.7. The summed E-state index contributed by atoms with van der Waals surface area (Å²) in [6, 6.07) is 24.2. The number of primary sulfonamides is 1. The van der Waals surface area contributed by atoms with Crippen LogP contribution in [0, 0.1) is 0 Å². The standard InChI is InChI=1S/C30H30N4O4S2/c1-19-29(36)34(30(39-19)16-14-21(15-17-30)20-8-4-2-5-9-20)33-28(35)27-26(22-10-6-3-7-11-22)24-18-23(40(31,37)38)12-13-25(24)32-27/h2-13,18-19,21,32H,14-17H2,1H3,(H,33,35)(H2,31,37,38). The number of thioether (sulfide) groups is 1. The molecule has 1 aromatic heterocycles. The average Bonchev–Trinajstić information content (AvgIpc) is 3.45. The number of hydrogen-bond acceptors (Lipinski definition) is 5. The molecule has 4 N–H and O–H groups in total. The van der Waals surface area contributed by atoms with Crippen molar-refractivity contribution in [3.63, 3.8) is 0 Å². The molecule has 8 nitrogen and oxygen atoms in total. The van der Waals surface area contributed by atoms with Gasteiger partial charge in [0.1, 0.15) is 10.6 Å². The molecule has 0 bridgehead atoms. The summed E-state index contributed by atoms with van der Waals surface area (Å²) < 4.78 is 24.2. The fraction of sp³-hybridized carbons (Fsp3) is 0.267. The maximum Gasteiger partial charge on any atom is 0.286 e. The van der Waals surface area contributed by atoms with E-state index in [1.54, 1.807) is 22.8 Å². The van der Waals surface area contributed by atoms with Crippen LogP contribution in [0.15, 0.2) is 83.8 Å². The monoisotopic (exact) mass is 574 g/mol. The predicted molar refractivity (Wildman–Crippen MR) is 157 cm³/mol. The lowest BCUT2D eigenvalue weighted by atomic mass is 9.81.